The van der Waals surface area contributed by atoms with Gasteiger partial charge in [0, 0.05) is 39.2 Å². The fourth-order valence-electron chi connectivity index (χ4n) is 7.88. The first-order valence-corrected chi connectivity index (χ1v) is 19.6. The van der Waals surface area contributed by atoms with Crippen molar-refractivity contribution < 1.29 is 23.8 Å². The Bertz CT molecular complexity index is 2270. The lowest BCUT2D eigenvalue weighted by molar-refractivity contribution is 0.0935. The second-order valence-corrected chi connectivity index (χ2v) is 15.2. The summed E-state index contributed by atoms with van der Waals surface area (Å²) in [6.45, 7) is 3.36. The summed E-state index contributed by atoms with van der Waals surface area (Å²) in [6, 6.07) is 29.1. The minimum absolute atomic E-state index is 0.156. The molecule has 2 N–H and O–H groups in total. The molecule has 1 atom stereocenters. The molecule has 0 bridgehead atoms. The van der Waals surface area contributed by atoms with E-state index in [1.807, 2.05) is 85.1 Å². The Morgan fingerprint density at radius 3 is 2.54 bits per heavy atom. The molecule has 1 saturated carbocycles. The number of fused-ring (bicyclic) bond motifs is 5. The summed E-state index contributed by atoms with van der Waals surface area (Å²) >= 11 is 1.56. The number of carbonyl (C=O) groups excluding carboxylic acids is 2. The SMILES string of the molecule is COc1ccc2c(c1)OCCn1c-2c(C2CCCCC2)c2ccc(C(=O)N[C@@H](Cc3ccc(NC(=O)OCc4ccccc4)cc3)c3csc(C)n3)cc21. The van der Waals surface area contributed by atoms with Crippen LogP contribution >= 0.6 is 11.3 Å². The fraction of sp³-hybridized carbons (Fsp3) is 0.295. The smallest absolute Gasteiger partial charge is 0.411 e. The quantitative estimate of drug-likeness (QED) is 0.145. The molecule has 0 saturated heterocycles. The van der Waals surface area contributed by atoms with Gasteiger partial charge >= 0.3 is 6.09 Å². The molecule has 0 spiro atoms. The Labute approximate surface area is 319 Å². The zero-order chi connectivity index (χ0) is 37.0. The van der Waals surface area contributed by atoms with E-state index < -0.39 is 6.09 Å². The molecule has 10 heteroatoms. The molecule has 9 nitrogen and oxygen atoms in total. The summed E-state index contributed by atoms with van der Waals surface area (Å²) in [5.41, 5.74) is 8.65. The summed E-state index contributed by atoms with van der Waals surface area (Å²) in [5, 5.41) is 10.3. The van der Waals surface area contributed by atoms with Crippen molar-refractivity contribution in [2.24, 2.45) is 0 Å². The van der Waals surface area contributed by atoms with Gasteiger partial charge in [-0.15, -0.1) is 11.3 Å². The third-order valence-corrected chi connectivity index (χ3v) is 11.3. The highest BCUT2D eigenvalue weighted by atomic mass is 32.1. The van der Waals surface area contributed by atoms with Crippen LogP contribution in [0.25, 0.3) is 22.2 Å². The third-order valence-electron chi connectivity index (χ3n) is 10.5. The number of rotatable bonds is 10. The Balaban J connectivity index is 1.05. The standard InChI is InChI=1S/C44H44N4O5S/c1-28-45-38(27-54-28)37(23-29-13-16-33(17-14-29)46-44(50)53-26-30-9-5-3-6-10-30)47-43(49)32-15-19-35-39(24-32)48-21-22-52-40-25-34(51-2)18-20-36(40)42(48)41(35)31-11-7-4-8-12-31/h3,5-6,9-10,13-20,24-25,27,31,37H,4,7-8,11-12,21-23,26H2,1-2H3,(H,46,50)(H,47,49)/t37-/m0/s1. The van der Waals surface area contributed by atoms with E-state index in [9.17, 15) is 9.59 Å². The molecule has 6 aromatic rings. The first kappa shape index (κ1) is 35.4. The lowest BCUT2D eigenvalue weighted by Gasteiger charge is -2.23. The van der Waals surface area contributed by atoms with Gasteiger partial charge in [0.1, 0.15) is 24.7 Å². The maximum atomic E-state index is 14.2. The maximum absolute atomic E-state index is 14.2. The summed E-state index contributed by atoms with van der Waals surface area (Å²) in [4.78, 5) is 31.4. The monoisotopic (exact) mass is 740 g/mol. The van der Waals surface area contributed by atoms with E-state index in [2.05, 4.69) is 33.4 Å². The lowest BCUT2D eigenvalue weighted by atomic mass is 9.81. The fourth-order valence-corrected chi connectivity index (χ4v) is 8.55. The number of amides is 2. The average Bonchev–Trinajstić information content (AvgIpc) is 3.72. The zero-order valence-electron chi connectivity index (χ0n) is 30.6. The predicted octanol–water partition coefficient (Wildman–Crippen LogP) is 9.98. The zero-order valence-corrected chi connectivity index (χ0v) is 31.4. The predicted molar refractivity (Wildman–Crippen MR) is 213 cm³/mol. The summed E-state index contributed by atoms with van der Waals surface area (Å²) < 4.78 is 19.6. The molecule has 2 aromatic heterocycles. The molecule has 276 valence electrons. The van der Waals surface area contributed by atoms with E-state index in [-0.39, 0.29) is 18.6 Å². The molecular weight excluding hydrogens is 697 g/mol. The minimum Gasteiger partial charge on any atom is -0.497 e. The van der Waals surface area contributed by atoms with Crippen LogP contribution in [0.4, 0.5) is 10.5 Å². The Kier molecular flexibility index (Phi) is 10.4. The normalized spacial score (nSPS) is 14.6. The highest BCUT2D eigenvalue weighted by Crippen LogP contribution is 2.47. The molecule has 54 heavy (non-hydrogen) atoms. The molecule has 1 fully saturated rings. The number of methoxy groups -OCH3 is 1. The van der Waals surface area contributed by atoms with Crippen molar-refractivity contribution in [3.8, 4) is 22.8 Å². The van der Waals surface area contributed by atoms with Gasteiger partial charge in [-0.1, -0.05) is 67.8 Å². The number of ether oxygens (including phenoxy) is 3. The molecule has 0 unspecified atom stereocenters. The van der Waals surface area contributed by atoms with Crippen molar-refractivity contribution in [3.63, 3.8) is 0 Å². The van der Waals surface area contributed by atoms with Crippen LogP contribution in [0.1, 0.15) is 81.8 Å². The van der Waals surface area contributed by atoms with Crippen LogP contribution in [0.3, 0.4) is 0 Å². The highest BCUT2D eigenvalue weighted by molar-refractivity contribution is 7.09. The van der Waals surface area contributed by atoms with Crippen molar-refractivity contribution in [3.05, 3.63) is 129 Å². The van der Waals surface area contributed by atoms with Crippen molar-refractivity contribution >= 4 is 39.9 Å². The van der Waals surface area contributed by atoms with Crippen LogP contribution in [-0.4, -0.2) is 35.3 Å². The second-order valence-electron chi connectivity index (χ2n) is 14.1. The largest absolute Gasteiger partial charge is 0.497 e. The number of nitrogens with one attached hydrogen (secondary N) is 2. The first-order chi connectivity index (χ1) is 26.4. The molecule has 0 radical (unpaired) electrons. The van der Waals surface area contributed by atoms with Crippen LogP contribution in [0.2, 0.25) is 0 Å². The number of anilines is 1. The number of nitrogens with zero attached hydrogens (tertiary/aromatic N) is 2. The summed E-state index contributed by atoms with van der Waals surface area (Å²) in [6.07, 6.45) is 6.04. The van der Waals surface area contributed by atoms with Gasteiger partial charge in [-0.2, -0.15) is 0 Å². The van der Waals surface area contributed by atoms with E-state index in [0.29, 0.717) is 36.7 Å². The van der Waals surface area contributed by atoms with Crippen molar-refractivity contribution in [1.29, 1.82) is 0 Å². The molecule has 2 amide bonds. The molecule has 1 aliphatic heterocycles. The number of aromatic nitrogens is 2. The first-order valence-electron chi connectivity index (χ1n) is 18.7. The van der Waals surface area contributed by atoms with E-state index in [1.54, 1.807) is 18.4 Å². The molecule has 1 aliphatic carbocycles. The Morgan fingerprint density at radius 2 is 1.78 bits per heavy atom. The van der Waals surface area contributed by atoms with Crippen molar-refractivity contribution in [1.82, 2.24) is 14.9 Å². The maximum Gasteiger partial charge on any atom is 0.411 e. The number of thiazole rings is 1. The summed E-state index contributed by atoms with van der Waals surface area (Å²) in [7, 11) is 1.68. The lowest BCUT2D eigenvalue weighted by Crippen LogP contribution is -2.30. The van der Waals surface area contributed by atoms with Gasteiger partial charge < -0.3 is 24.1 Å². The number of aryl methyl sites for hydroxylation is 1. The Morgan fingerprint density at radius 1 is 0.963 bits per heavy atom. The topological polar surface area (TPSA) is 104 Å². The minimum atomic E-state index is -0.519. The van der Waals surface area contributed by atoms with Gasteiger partial charge in [0.2, 0.25) is 0 Å². The van der Waals surface area contributed by atoms with E-state index >= 15 is 0 Å². The van der Waals surface area contributed by atoms with Crippen molar-refractivity contribution in [2.75, 3.05) is 19.0 Å². The van der Waals surface area contributed by atoms with Crippen LogP contribution in [0, 0.1) is 6.92 Å². The van der Waals surface area contributed by atoms with E-state index in [4.69, 9.17) is 19.2 Å². The molecule has 3 heterocycles. The van der Waals surface area contributed by atoms with Gasteiger partial charge in [0.05, 0.1) is 36.1 Å². The number of benzene rings is 4. The Hall–Kier alpha value is -5.61. The van der Waals surface area contributed by atoms with Crippen LogP contribution in [0.15, 0.2) is 96.4 Å². The van der Waals surface area contributed by atoms with Gasteiger partial charge in [-0.25, -0.2) is 9.78 Å². The van der Waals surface area contributed by atoms with Crippen LogP contribution in [0.5, 0.6) is 11.5 Å². The molecule has 4 aromatic carbocycles. The molecule has 2 aliphatic rings. The van der Waals surface area contributed by atoms with Crippen LogP contribution in [-0.2, 0) is 24.3 Å². The van der Waals surface area contributed by atoms with Gasteiger partial charge in [0.15, 0.2) is 0 Å². The number of hydrogen-bond donors (Lipinski definition) is 2. The van der Waals surface area contributed by atoms with Crippen LogP contribution < -0.4 is 20.1 Å². The van der Waals surface area contributed by atoms with Crippen molar-refractivity contribution in [2.45, 2.75) is 70.6 Å². The van der Waals surface area contributed by atoms with Gasteiger partial charge in [-0.05, 0) is 85.2 Å². The number of carbonyl (C=O) groups is 2. The highest BCUT2D eigenvalue weighted by Gasteiger charge is 2.30. The molecular formula is C44H44N4O5S. The van der Waals surface area contributed by atoms with E-state index in [0.717, 1.165) is 57.2 Å². The van der Waals surface area contributed by atoms with Gasteiger partial charge in [-0.3, -0.25) is 10.1 Å². The van der Waals surface area contributed by atoms with E-state index in [1.165, 1.54) is 35.9 Å². The average molecular weight is 741 g/mol. The second kappa shape index (κ2) is 15.8. The number of hydrogen-bond acceptors (Lipinski definition) is 7. The van der Waals surface area contributed by atoms with Gasteiger partial charge in [0.25, 0.3) is 5.91 Å². The third kappa shape index (κ3) is 7.57. The summed E-state index contributed by atoms with van der Waals surface area (Å²) in [5.74, 6) is 1.90. The molecule has 8 rings (SSSR count).